The van der Waals surface area contributed by atoms with E-state index in [4.69, 9.17) is 11.6 Å². The maximum absolute atomic E-state index is 12.9. The van der Waals surface area contributed by atoms with Crippen LogP contribution in [0, 0.1) is 0 Å². The highest BCUT2D eigenvalue weighted by Crippen LogP contribution is 2.28. The minimum absolute atomic E-state index is 0.0823. The first kappa shape index (κ1) is 20.0. The van der Waals surface area contributed by atoms with E-state index in [0.717, 1.165) is 10.6 Å². The van der Waals surface area contributed by atoms with Gasteiger partial charge in [0.25, 0.3) is 0 Å². The summed E-state index contributed by atoms with van der Waals surface area (Å²) in [4.78, 5) is 13.8. The summed E-state index contributed by atoms with van der Waals surface area (Å²) in [5.41, 5.74) is 1.56. The zero-order valence-electron chi connectivity index (χ0n) is 15.4. The van der Waals surface area contributed by atoms with Gasteiger partial charge in [-0.2, -0.15) is 4.31 Å². The number of halogens is 1. The molecule has 0 bridgehead atoms. The van der Waals surface area contributed by atoms with Crippen molar-refractivity contribution in [3.63, 3.8) is 0 Å². The minimum Gasteiger partial charge on any atom is -0.295 e. The van der Waals surface area contributed by atoms with E-state index in [1.54, 1.807) is 12.1 Å². The van der Waals surface area contributed by atoms with E-state index < -0.39 is 10.0 Å². The molecule has 0 saturated carbocycles. The van der Waals surface area contributed by atoms with E-state index in [1.165, 1.54) is 23.4 Å². The van der Waals surface area contributed by atoms with Gasteiger partial charge in [-0.3, -0.25) is 9.69 Å². The molecule has 1 atom stereocenters. The predicted octanol–water partition coefficient (Wildman–Crippen LogP) is 3.61. The molecule has 1 saturated heterocycles. The molecule has 0 amide bonds. The molecular formula is C20H23ClN2O3S. The van der Waals surface area contributed by atoms with E-state index >= 15 is 0 Å². The van der Waals surface area contributed by atoms with Crippen molar-refractivity contribution in [1.29, 1.82) is 0 Å². The normalized spacial score (nSPS) is 17.6. The van der Waals surface area contributed by atoms with Gasteiger partial charge in [0.1, 0.15) is 0 Å². The third-order valence-corrected chi connectivity index (χ3v) is 7.33. The highest BCUT2D eigenvalue weighted by Gasteiger charge is 2.30. The Morgan fingerprint density at radius 2 is 1.59 bits per heavy atom. The van der Waals surface area contributed by atoms with Gasteiger partial charge in [-0.05, 0) is 37.6 Å². The van der Waals surface area contributed by atoms with Crippen molar-refractivity contribution >= 4 is 27.4 Å². The van der Waals surface area contributed by atoms with Crippen LogP contribution < -0.4 is 0 Å². The first-order valence-corrected chi connectivity index (χ1v) is 10.7. The largest absolute Gasteiger partial charge is 0.295 e. The van der Waals surface area contributed by atoms with E-state index in [0.29, 0.717) is 31.7 Å². The molecule has 3 rings (SSSR count). The zero-order valence-corrected chi connectivity index (χ0v) is 17.0. The number of rotatable bonds is 5. The van der Waals surface area contributed by atoms with Gasteiger partial charge in [0, 0.05) is 42.8 Å². The summed E-state index contributed by atoms with van der Waals surface area (Å²) >= 11 is 6.30. The molecule has 1 heterocycles. The van der Waals surface area contributed by atoms with Gasteiger partial charge in [-0.25, -0.2) is 8.42 Å². The van der Waals surface area contributed by atoms with Gasteiger partial charge in [-0.1, -0.05) is 41.9 Å². The van der Waals surface area contributed by atoms with Crippen LogP contribution in [-0.4, -0.2) is 49.6 Å². The SMILES string of the molecule is CC(=O)c1ccc(S(=O)(=O)N2CCN([C@@H](C)c3ccccc3Cl)CC2)cc1. The van der Waals surface area contributed by atoms with Gasteiger partial charge < -0.3 is 0 Å². The molecule has 1 aliphatic heterocycles. The predicted molar refractivity (Wildman–Crippen MR) is 107 cm³/mol. The maximum atomic E-state index is 12.9. The van der Waals surface area contributed by atoms with Crippen LogP contribution in [0.2, 0.25) is 5.02 Å². The van der Waals surface area contributed by atoms with Crippen LogP contribution in [0.15, 0.2) is 53.4 Å². The van der Waals surface area contributed by atoms with Crippen molar-refractivity contribution in [2.75, 3.05) is 26.2 Å². The molecule has 5 nitrogen and oxygen atoms in total. The Labute approximate surface area is 165 Å². The fraction of sp³-hybridized carbons (Fsp3) is 0.350. The molecule has 0 radical (unpaired) electrons. The van der Waals surface area contributed by atoms with Crippen LogP contribution in [0.4, 0.5) is 0 Å². The summed E-state index contributed by atoms with van der Waals surface area (Å²) in [5, 5.41) is 0.727. The Morgan fingerprint density at radius 1 is 1.00 bits per heavy atom. The fourth-order valence-electron chi connectivity index (χ4n) is 3.35. The summed E-state index contributed by atoms with van der Waals surface area (Å²) in [6, 6.07) is 14.0. The summed E-state index contributed by atoms with van der Waals surface area (Å²) in [6.07, 6.45) is 0. The molecule has 27 heavy (non-hydrogen) atoms. The molecule has 0 aliphatic carbocycles. The van der Waals surface area contributed by atoms with E-state index in [1.807, 2.05) is 24.3 Å². The van der Waals surface area contributed by atoms with Crippen molar-refractivity contribution in [2.45, 2.75) is 24.8 Å². The summed E-state index contributed by atoms with van der Waals surface area (Å²) in [5.74, 6) is -0.0823. The monoisotopic (exact) mass is 406 g/mol. The smallest absolute Gasteiger partial charge is 0.243 e. The Bertz CT molecular complexity index is 920. The third-order valence-electron chi connectivity index (χ3n) is 5.07. The Morgan fingerprint density at radius 3 is 2.15 bits per heavy atom. The van der Waals surface area contributed by atoms with Crippen LogP contribution in [0.25, 0.3) is 0 Å². The molecule has 144 valence electrons. The van der Waals surface area contributed by atoms with Gasteiger partial charge >= 0.3 is 0 Å². The Balaban J connectivity index is 1.69. The van der Waals surface area contributed by atoms with Crippen LogP contribution in [0.3, 0.4) is 0 Å². The van der Waals surface area contributed by atoms with Crippen molar-refractivity contribution in [3.05, 3.63) is 64.7 Å². The Hall–Kier alpha value is -1.73. The first-order valence-electron chi connectivity index (χ1n) is 8.90. The quantitative estimate of drug-likeness (QED) is 0.712. The van der Waals surface area contributed by atoms with E-state index in [-0.39, 0.29) is 16.7 Å². The van der Waals surface area contributed by atoms with Gasteiger partial charge in [0.2, 0.25) is 10.0 Å². The second-order valence-corrected chi connectivity index (χ2v) is 9.06. The number of carbonyl (C=O) groups excluding carboxylic acids is 1. The molecule has 1 fully saturated rings. The average Bonchev–Trinajstić information content (AvgIpc) is 2.68. The molecule has 0 N–H and O–H groups in total. The van der Waals surface area contributed by atoms with Crippen molar-refractivity contribution in [2.24, 2.45) is 0 Å². The molecule has 2 aromatic carbocycles. The molecular weight excluding hydrogens is 384 g/mol. The number of piperazine rings is 1. The second-order valence-electron chi connectivity index (χ2n) is 6.72. The van der Waals surface area contributed by atoms with Gasteiger partial charge in [0.05, 0.1) is 4.90 Å². The van der Waals surface area contributed by atoms with Crippen LogP contribution in [0.5, 0.6) is 0 Å². The minimum atomic E-state index is -3.56. The third kappa shape index (κ3) is 4.24. The van der Waals surface area contributed by atoms with Crippen molar-refractivity contribution in [1.82, 2.24) is 9.21 Å². The van der Waals surface area contributed by atoms with Crippen molar-refractivity contribution in [3.8, 4) is 0 Å². The standard InChI is InChI=1S/C20H23ClN2O3S/c1-15(19-5-3-4-6-20(19)21)22-11-13-23(14-12-22)27(25,26)18-9-7-17(8-10-18)16(2)24/h3-10,15H,11-14H2,1-2H3/t15-/m0/s1. The first-order chi connectivity index (χ1) is 12.8. The topological polar surface area (TPSA) is 57.7 Å². The highest BCUT2D eigenvalue weighted by atomic mass is 35.5. The number of benzene rings is 2. The summed E-state index contributed by atoms with van der Waals surface area (Å²) in [7, 11) is -3.56. The lowest BCUT2D eigenvalue weighted by molar-refractivity contribution is 0.101. The lowest BCUT2D eigenvalue weighted by Gasteiger charge is -2.37. The number of nitrogens with zero attached hydrogens (tertiary/aromatic N) is 2. The number of ketones is 1. The zero-order chi connectivity index (χ0) is 19.6. The fourth-order valence-corrected chi connectivity index (χ4v) is 5.07. The Kier molecular flexibility index (Phi) is 6.01. The van der Waals surface area contributed by atoms with E-state index in [2.05, 4.69) is 11.8 Å². The van der Waals surface area contributed by atoms with Crippen molar-refractivity contribution < 1.29 is 13.2 Å². The molecule has 0 spiro atoms. The van der Waals surface area contributed by atoms with Crippen LogP contribution >= 0.6 is 11.6 Å². The van der Waals surface area contributed by atoms with Crippen LogP contribution in [-0.2, 0) is 10.0 Å². The summed E-state index contributed by atoms with van der Waals surface area (Å²) in [6.45, 7) is 5.67. The second kappa shape index (κ2) is 8.10. The number of Topliss-reactive ketones (excluding diaryl/α,β-unsaturated/α-hetero) is 1. The number of sulfonamides is 1. The molecule has 2 aromatic rings. The molecule has 7 heteroatoms. The molecule has 0 aromatic heterocycles. The molecule has 1 aliphatic rings. The lowest BCUT2D eigenvalue weighted by Crippen LogP contribution is -2.49. The number of carbonyl (C=O) groups is 1. The number of hydrogen-bond donors (Lipinski definition) is 0. The average molecular weight is 407 g/mol. The van der Waals surface area contributed by atoms with Crippen LogP contribution in [0.1, 0.15) is 35.8 Å². The van der Waals surface area contributed by atoms with Gasteiger partial charge in [0.15, 0.2) is 5.78 Å². The highest BCUT2D eigenvalue weighted by molar-refractivity contribution is 7.89. The lowest BCUT2D eigenvalue weighted by atomic mass is 10.1. The molecule has 0 unspecified atom stereocenters. The maximum Gasteiger partial charge on any atom is 0.243 e. The van der Waals surface area contributed by atoms with E-state index in [9.17, 15) is 13.2 Å². The summed E-state index contributed by atoms with van der Waals surface area (Å²) < 4.78 is 27.2. The number of hydrogen-bond acceptors (Lipinski definition) is 4. The van der Waals surface area contributed by atoms with Gasteiger partial charge in [-0.15, -0.1) is 0 Å².